The highest BCUT2D eigenvalue weighted by atomic mass is 35.5. The maximum Gasteiger partial charge on any atom is 0.163 e. The topological polar surface area (TPSA) is 49.0 Å². The Kier molecular flexibility index (Phi) is 6.95. The number of nitrogens with one attached hydrogen (secondary N) is 1. The van der Waals surface area contributed by atoms with E-state index in [1.807, 2.05) is 49.4 Å². The van der Waals surface area contributed by atoms with Gasteiger partial charge in [0.05, 0.1) is 6.61 Å². The first-order chi connectivity index (χ1) is 15.1. The molecule has 31 heavy (non-hydrogen) atoms. The number of hydrogen-bond acceptors (Lipinski definition) is 5. The molecule has 1 aliphatic heterocycles. The van der Waals surface area contributed by atoms with Crippen LogP contribution >= 0.6 is 23.2 Å². The average Bonchev–Trinajstić information content (AvgIpc) is 2.78. The predicted molar refractivity (Wildman–Crippen MR) is 123 cm³/mol. The van der Waals surface area contributed by atoms with Gasteiger partial charge in [-0.25, -0.2) is 0 Å². The summed E-state index contributed by atoms with van der Waals surface area (Å²) in [5.74, 6) is 2.89. The van der Waals surface area contributed by atoms with E-state index in [2.05, 4.69) is 5.32 Å². The van der Waals surface area contributed by atoms with Gasteiger partial charge in [0, 0.05) is 33.9 Å². The lowest BCUT2D eigenvalue weighted by Gasteiger charge is -2.19. The molecular formula is C24H23Cl2NO4. The summed E-state index contributed by atoms with van der Waals surface area (Å²) >= 11 is 12.2. The lowest BCUT2D eigenvalue weighted by atomic mass is 10.2. The second-order valence-corrected chi connectivity index (χ2v) is 7.79. The molecule has 0 atom stereocenters. The van der Waals surface area contributed by atoms with Crippen LogP contribution < -0.4 is 24.3 Å². The molecule has 4 rings (SSSR count). The summed E-state index contributed by atoms with van der Waals surface area (Å²) in [5, 5.41) is 4.58. The quantitative estimate of drug-likeness (QED) is 0.424. The van der Waals surface area contributed by atoms with Crippen LogP contribution in [0.2, 0.25) is 10.0 Å². The van der Waals surface area contributed by atoms with E-state index in [-0.39, 0.29) is 0 Å². The first kappa shape index (κ1) is 21.5. The van der Waals surface area contributed by atoms with Gasteiger partial charge < -0.3 is 24.3 Å². The fraction of sp³-hybridized carbons (Fsp3) is 0.250. The number of benzene rings is 3. The molecule has 0 bridgehead atoms. The Balaban J connectivity index is 1.42. The van der Waals surface area contributed by atoms with Gasteiger partial charge in [0.1, 0.15) is 19.8 Å². The third-order valence-corrected chi connectivity index (χ3v) is 5.33. The van der Waals surface area contributed by atoms with Crippen LogP contribution in [0.25, 0.3) is 0 Å². The SMILES string of the molecule is CCOc1cc(CNc2ccc3c(c2)OCCO3)ccc1OCc1ccc(Cl)cc1Cl. The van der Waals surface area contributed by atoms with Gasteiger partial charge in [-0.2, -0.15) is 0 Å². The normalized spacial score (nSPS) is 12.4. The fourth-order valence-electron chi connectivity index (χ4n) is 3.20. The van der Waals surface area contributed by atoms with E-state index in [0.29, 0.717) is 54.5 Å². The van der Waals surface area contributed by atoms with Crippen LogP contribution in [0, 0.1) is 0 Å². The summed E-state index contributed by atoms with van der Waals surface area (Å²) in [6.07, 6.45) is 0. The van der Waals surface area contributed by atoms with Crippen molar-refractivity contribution in [3.8, 4) is 23.0 Å². The maximum atomic E-state index is 6.24. The van der Waals surface area contributed by atoms with Crippen molar-refractivity contribution in [3.63, 3.8) is 0 Å². The van der Waals surface area contributed by atoms with Gasteiger partial charge in [0.25, 0.3) is 0 Å². The van der Waals surface area contributed by atoms with Gasteiger partial charge >= 0.3 is 0 Å². The van der Waals surface area contributed by atoms with Crippen molar-refractivity contribution in [3.05, 3.63) is 75.8 Å². The number of anilines is 1. The van der Waals surface area contributed by atoms with Crippen molar-refractivity contribution < 1.29 is 18.9 Å². The molecule has 0 unspecified atom stereocenters. The Morgan fingerprint density at radius 2 is 1.71 bits per heavy atom. The number of halogens is 2. The van der Waals surface area contributed by atoms with Crippen molar-refractivity contribution in [2.45, 2.75) is 20.1 Å². The minimum Gasteiger partial charge on any atom is -0.490 e. The number of hydrogen-bond donors (Lipinski definition) is 1. The highest BCUT2D eigenvalue weighted by Crippen LogP contribution is 2.34. The molecule has 0 saturated carbocycles. The summed E-state index contributed by atoms with van der Waals surface area (Å²) in [6, 6.07) is 17.1. The zero-order chi connectivity index (χ0) is 21.6. The molecule has 1 heterocycles. The Hall–Kier alpha value is -2.76. The zero-order valence-corrected chi connectivity index (χ0v) is 18.6. The smallest absolute Gasteiger partial charge is 0.163 e. The minimum atomic E-state index is 0.324. The Morgan fingerprint density at radius 1 is 0.871 bits per heavy atom. The lowest BCUT2D eigenvalue weighted by Crippen LogP contribution is -2.15. The Bertz CT molecular complexity index is 1060. The van der Waals surface area contributed by atoms with Crippen LogP contribution in [-0.4, -0.2) is 19.8 Å². The van der Waals surface area contributed by atoms with Crippen LogP contribution in [0.15, 0.2) is 54.6 Å². The molecule has 1 N–H and O–H groups in total. The first-order valence-electron chi connectivity index (χ1n) is 10.1. The largest absolute Gasteiger partial charge is 0.490 e. The van der Waals surface area contributed by atoms with Crippen LogP contribution in [0.1, 0.15) is 18.1 Å². The molecule has 162 valence electrons. The summed E-state index contributed by atoms with van der Waals surface area (Å²) in [4.78, 5) is 0. The molecule has 3 aromatic rings. The second-order valence-electron chi connectivity index (χ2n) is 6.95. The Morgan fingerprint density at radius 3 is 2.52 bits per heavy atom. The summed E-state index contributed by atoms with van der Waals surface area (Å²) in [6.45, 7) is 4.58. The van der Waals surface area contributed by atoms with E-state index in [9.17, 15) is 0 Å². The van der Waals surface area contributed by atoms with E-state index >= 15 is 0 Å². The van der Waals surface area contributed by atoms with Crippen molar-refractivity contribution >= 4 is 28.9 Å². The van der Waals surface area contributed by atoms with Gasteiger partial charge in [0.15, 0.2) is 23.0 Å². The predicted octanol–water partition coefficient (Wildman–Crippen LogP) is 6.35. The summed E-state index contributed by atoms with van der Waals surface area (Å²) < 4.78 is 23.0. The lowest BCUT2D eigenvalue weighted by molar-refractivity contribution is 0.171. The molecule has 0 aliphatic carbocycles. The van der Waals surface area contributed by atoms with Crippen molar-refractivity contribution in [1.82, 2.24) is 0 Å². The first-order valence-corrected chi connectivity index (χ1v) is 10.8. The molecule has 7 heteroatoms. The fourth-order valence-corrected chi connectivity index (χ4v) is 3.66. The van der Waals surface area contributed by atoms with Crippen LogP contribution in [0.4, 0.5) is 5.69 Å². The molecule has 0 radical (unpaired) electrons. The molecule has 0 fully saturated rings. The van der Waals surface area contributed by atoms with Gasteiger partial charge in [-0.15, -0.1) is 0 Å². The van der Waals surface area contributed by atoms with Crippen LogP contribution in [-0.2, 0) is 13.2 Å². The highest BCUT2D eigenvalue weighted by molar-refractivity contribution is 6.35. The van der Waals surface area contributed by atoms with Crippen molar-refractivity contribution in [2.24, 2.45) is 0 Å². The minimum absolute atomic E-state index is 0.324. The Labute approximate surface area is 191 Å². The highest BCUT2D eigenvalue weighted by Gasteiger charge is 2.12. The number of ether oxygens (including phenoxy) is 4. The molecule has 0 saturated heterocycles. The molecule has 3 aromatic carbocycles. The van der Waals surface area contributed by atoms with Gasteiger partial charge in [-0.1, -0.05) is 35.3 Å². The average molecular weight is 460 g/mol. The van der Waals surface area contributed by atoms with E-state index in [1.54, 1.807) is 12.1 Å². The molecule has 0 amide bonds. The van der Waals surface area contributed by atoms with Crippen molar-refractivity contribution in [2.75, 3.05) is 25.1 Å². The summed E-state index contributed by atoms with van der Waals surface area (Å²) in [5.41, 5.74) is 2.88. The molecule has 5 nitrogen and oxygen atoms in total. The molecule has 1 aliphatic rings. The van der Waals surface area contributed by atoms with Gasteiger partial charge in [0.2, 0.25) is 0 Å². The van der Waals surface area contributed by atoms with E-state index in [4.69, 9.17) is 42.1 Å². The number of fused-ring (bicyclic) bond motifs is 1. The van der Waals surface area contributed by atoms with Crippen molar-refractivity contribution in [1.29, 1.82) is 0 Å². The third-order valence-electron chi connectivity index (χ3n) is 4.75. The molecule has 0 aromatic heterocycles. The van der Waals surface area contributed by atoms with Crippen LogP contribution in [0.5, 0.6) is 23.0 Å². The van der Waals surface area contributed by atoms with Crippen LogP contribution in [0.3, 0.4) is 0 Å². The molecule has 0 spiro atoms. The summed E-state index contributed by atoms with van der Waals surface area (Å²) in [7, 11) is 0. The molecular weight excluding hydrogens is 437 g/mol. The zero-order valence-electron chi connectivity index (χ0n) is 17.1. The number of rotatable bonds is 8. The van der Waals surface area contributed by atoms with Gasteiger partial charge in [-0.05, 0) is 48.9 Å². The maximum absolute atomic E-state index is 6.24. The second kappa shape index (κ2) is 10.0. The van der Waals surface area contributed by atoms with E-state index in [0.717, 1.165) is 28.3 Å². The van der Waals surface area contributed by atoms with E-state index < -0.39 is 0 Å². The monoisotopic (exact) mass is 459 g/mol. The standard InChI is InChI=1S/C24H23Cl2NO4/c1-2-28-23-11-16(14-27-19-6-8-21-24(13-19)30-10-9-29-21)3-7-22(23)31-15-17-4-5-18(25)12-20(17)26/h3-8,11-13,27H,2,9-10,14-15H2,1H3. The van der Waals surface area contributed by atoms with E-state index in [1.165, 1.54) is 0 Å². The van der Waals surface area contributed by atoms with Gasteiger partial charge in [-0.3, -0.25) is 0 Å². The third kappa shape index (κ3) is 5.49.